The molecule has 0 aromatic carbocycles. The van der Waals surface area contributed by atoms with Gasteiger partial charge >= 0.3 is 0 Å². The Morgan fingerprint density at radius 1 is 1.75 bits per heavy atom. The van der Waals surface area contributed by atoms with E-state index in [1.807, 2.05) is 0 Å². The zero-order valence-corrected chi connectivity index (χ0v) is 5.43. The average molecular weight is 113 g/mol. The van der Waals surface area contributed by atoms with Crippen molar-refractivity contribution in [2.75, 3.05) is 26.3 Å². The Kier molecular flexibility index (Phi) is 1.63. The van der Waals surface area contributed by atoms with Gasteiger partial charge in [0.05, 0.1) is 6.54 Å². The van der Waals surface area contributed by atoms with E-state index in [0.29, 0.717) is 0 Å². The number of rotatable bonds is 1. The molecule has 0 bridgehead atoms. The Labute approximate surface area is 50.4 Å². The van der Waals surface area contributed by atoms with E-state index >= 15 is 0 Å². The van der Waals surface area contributed by atoms with Gasteiger partial charge in [-0.05, 0) is 0 Å². The Morgan fingerprint density at radius 3 is 2.75 bits per heavy atom. The van der Waals surface area contributed by atoms with Gasteiger partial charge in [-0.25, -0.2) is 9.48 Å². The molecular formula is C6H13N2+. The fourth-order valence-electron chi connectivity index (χ4n) is 0.965. The van der Waals surface area contributed by atoms with Gasteiger partial charge in [-0.3, -0.25) is 0 Å². The van der Waals surface area contributed by atoms with Crippen molar-refractivity contribution in [3.63, 3.8) is 0 Å². The lowest BCUT2D eigenvalue weighted by atomic mass is 10.6. The highest BCUT2D eigenvalue weighted by Gasteiger charge is 2.17. The fourth-order valence-corrected chi connectivity index (χ4v) is 0.965. The van der Waals surface area contributed by atoms with E-state index in [2.05, 4.69) is 23.1 Å². The quantitative estimate of drug-likeness (QED) is 0.434. The lowest BCUT2D eigenvalue weighted by Crippen LogP contribution is -2.19. The molecule has 1 aliphatic heterocycles. The van der Waals surface area contributed by atoms with Crippen LogP contribution in [0, 0.1) is 0 Å². The van der Waals surface area contributed by atoms with Crippen molar-refractivity contribution in [1.82, 2.24) is 4.90 Å². The van der Waals surface area contributed by atoms with Gasteiger partial charge < -0.3 is 0 Å². The van der Waals surface area contributed by atoms with Gasteiger partial charge in [-0.2, -0.15) is 0 Å². The number of hydrogen-bond donors (Lipinski definition) is 0. The molecule has 0 saturated carbocycles. The topological polar surface area (TPSA) is 6.25 Å². The highest BCUT2D eigenvalue weighted by Crippen LogP contribution is 1.94. The number of hydrogen-bond acceptors (Lipinski definition) is 1. The van der Waals surface area contributed by atoms with E-state index in [1.54, 1.807) is 0 Å². The van der Waals surface area contributed by atoms with Crippen molar-refractivity contribution in [3.05, 3.63) is 0 Å². The lowest BCUT2D eigenvalue weighted by molar-refractivity contribution is -0.506. The SMILES string of the molecule is C=[N+]1CCN(CC)C1. The van der Waals surface area contributed by atoms with Crippen LogP contribution in [0.3, 0.4) is 0 Å². The zero-order valence-electron chi connectivity index (χ0n) is 5.43. The van der Waals surface area contributed by atoms with Gasteiger partial charge in [0.2, 0.25) is 0 Å². The predicted molar refractivity (Wildman–Crippen MR) is 34.4 cm³/mol. The summed E-state index contributed by atoms with van der Waals surface area (Å²) in [6.07, 6.45) is 0. The normalized spacial score (nSPS) is 22.4. The summed E-state index contributed by atoms with van der Waals surface area (Å²) in [5.74, 6) is 0. The molecule has 1 rings (SSSR count). The van der Waals surface area contributed by atoms with Gasteiger partial charge in [0, 0.05) is 6.54 Å². The van der Waals surface area contributed by atoms with Crippen LogP contribution in [0.1, 0.15) is 6.92 Å². The summed E-state index contributed by atoms with van der Waals surface area (Å²) in [6.45, 7) is 10.5. The van der Waals surface area contributed by atoms with E-state index in [9.17, 15) is 0 Å². The molecule has 1 aliphatic rings. The predicted octanol–water partition coefficient (Wildman–Crippen LogP) is -0.00750. The lowest BCUT2D eigenvalue weighted by Gasteiger charge is -2.02. The van der Waals surface area contributed by atoms with Crippen molar-refractivity contribution in [3.8, 4) is 0 Å². The zero-order chi connectivity index (χ0) is 5.98. The van der Waals surface area contributed by atoms with Crippen LogP contribution >= 0.6 is 0 Å². The summed E-state index contributed by atoms with van der Waals surface area (Å²) in [4.78, 5) is 2.37. The molecule has 2 heteroatoms. The minimum absolute atomic E-state index is 1.05. The Bertz CT molecular complexity index is 98.7. The van der Waals surface area contributed by atoms with Gasteiger partial charge in [-0.1, -0.05) is 6.92 Å². The van der Waals surface area contributed by atoms with Crippen LogP contribution in [-0.2, 0) is 0 Å². The Hall–Kier alpha value is -0.370. The van der Waals surface area contributed by atoms with Gasteiger partial charge in [-0.15, -0.1) is 0 Å². The molecule has 1 heterocycles. The van der Waals surface area contributed by atoms with Gasteiger partial charge in [0.15, 0.2) is 13.2 Å². The van der Waals surface area contributed by atoms with Crippen LogP contribution in [0.4, 0.5) is 0 Å². The summed E-state index contributed by atoms with van der Waals surface area (Å²) in [7, 11) is 0. The summed E-state index contributed by atoms with van der Waals surface area (Å²) < 4.78 is 2.09. The van der Waals surface area contributed by atoms with Crippen molar-refractivity contribution in [1.29, 1.82) is 0 Å². The molecule has 0 aliphatic carbocycles. The molecule has 1 saturated heterocycles. The molecule has 0 aromatic rings. The summed E-state index contributed by atoms with van der Waals surface area (Å²) in [5, 5.41) is 0. The van der Waals surface area contributed by atoms with E-state index in [4.69, 9.17) is 0 Å². The van der Waals surface area contributed by atoms with Gasteiger partial charge in [0.1, 0.15) is 6.72 Å². The highest BCUT2D eigenvalue weighted by atomic mass is 15.3. The summed E-state index contributed by atoms with van der Waals surface area (Å²) >= 11 is 0. The molecule has 2 nitrogen and oxygen atoms in total. The first-order chi connectivity index (χ1) is 3.83. The van der Waals surface area contributed by atoms with Crippen molar-refractivity contribution in [2.24, 2.45) is 0 Å². The van der Waals surface area contributed by atoms with Crippen LogP contribution in [-0.4, -0.2) is 42.5 Å². The van der Waals surface area contributed by atoms with Gasteiger partial charge in [0.25, 0.3) is 0 Å². The van der Waals surface area contributed by atoms with Crippen LogP contribution in [0.2, 0.25) is 0 Å². The molecule has 46 valence electrons. The van der Waals surface area contributed by atoms with Crippen LogP contribution < -0.4 is 0 Å². The first-order valence-corrected chi connectivity index (χ1v) is 3.10. The molecule has 8 heavy (non-hydrogen) atoms. The van der Waals surface area contributed by atoms with Crippen molar-refractivity contribution < 1.29 is 4.58 Å². The van der Waals surface area contributed by atoms with E-state index in [0.717, 1.165) is 19.8 Å². The third-order valence-corrected chi connectivity index (χ3v) is 1.58. The molecule has 0 atom stereocenters. The minimum atomic E-state index is 1.05. The standard InChI is InChI=1S/C6H13N2/c1-3-8-5-4-7(2)6-8/h2-6H2,1H3/q+1. The third-order valence-electron chi connectivity index (χ3n) is 1.58. The second-order valence-electron chi connectivity index (χ2n) is 2.25. The monoisotopic (exact) mass is 113 g/mol. The number of likely N-dealkylation sites (N-methyl/N-ethyl adjacent to an activating group) is 1. The molecule has 0 unspecified atom stereocenters. The molecule has 0 radical (unpaired) electrons. The van der Waals surface area contributed by atoms with E-state index < -0.39 is 0 Å². The number of nitrogens with zero attached hydrogens (tertiary/aromatic N) is 2. The summed E-state index contributed by atoms with van der Waals surface area (Å²) in [6, 6.07) is 0. The smallest absolute Gasteiger partial charge is 0.198 e. The molecule has 0 N–H and O–H groups in total. The molecular weight excluding hydrogens is 100 g/mol. The maximum Gasteiger partial charge on any atom is 0.198 e. The molecule has 1 fully saturated rings. The second-order valence-corrected chi connectivity index (χ2v) is 2.25. The van der Waals surface area contributed by atoms with Crippen LogP contribution in [0.5, 0.6) is 0 Å². The van der Waals surface area contributed by atoms with E-state index in [-0.39, 0.29) is 0 Å². The second kappa shape index (κ2) is 2.27. The maximum absolute atomic E-state index is 3.83. The molecule has 0 aromatic heterocycles. The first kappa shape index (κ1) is 5.76. The Morgan fingerprint density at radius 2 is 2.50 bits per heavy atom. The highest BCUT2D eigenvalue weighted by molar-refractivity contribution is 5.14. The van der Waals surface area contributed by atoms with Crippen LogP contribution in [0.25, 0.3) is 0 Å². The molecule has 0 amide bonds. The summed E-state index contributed by atoms with van der Waals surface area (Å²) in [5.41, 5.74) is 0. The molecule has 0 spiro atoms. The van der Waals surface area contributed by atoms with Crippen molar-refractivity contribution in [2.45, 2.75) is 6.92 Å². The average Bonchev–Trinajstić information content (AvgIpc) is 2.14. The Balaban J connectivity index is 2.32. The van der Waals surface area contributed by atoms with E-state index in [1.165, 1.54) is 6.54 Å². The first-order valence-electron chi connectivity index (χ1n) is 3.10. The van der Waals surface area contributed by atoms with Crippen molar-refractivity contribution >= 4 is 6.72 Å². The minimum Gasteiger partial charge on any atom is -0.242 e. The third kappa shape index (κ3) is 1.07. The maximum atomic E-state index is 3.83. The van der Waals surface area contributed by atoms with Crippen LogP contribution in [0.15, 0.2) is 0 Å². The largest absolute Gasteiger partial charge is 0.242 e. The fraction of sp³-hybridized carbons (Fsp3) is 0.833.